The van der Waals surface area contributed by atoms with Gasteiger partial charge in [0, 0.05) is 25.3 Å². The maximum Gasteiger partial charge on any atom is 0.140 e. The predicted octanol–water partition coefficient (Wildman–Crippen LogP) is 3.94. The fourth-order valence-electron chi connectivity index (χ4n) is 2.27. The lowest BCUT2D eigenvalue weighted by Crippen LogP contribution is -1.93. The van der Waals surface area contributed by atoms with Crippen LogP contribution in [0.5, 0.6) is 0 Å². The summed E-state index contributed by atoms with van der Waals surface area (Å²) in [6, 6.07) is 14.0. The summed E-state index contributed by atoms with van der Waals surface area (Å²) in [7, 11) is 3.90. The zero-order valence-electron chi connectivity index (χ0n) is 10.8. The number of nitrogens with zero attached hydrogens (tertiary/aromatic N) is 2. The Kier molecular flexibility index (Phi) is 2.91. The van der Waals surface area contributed by atoms with E-state index in [0.717, 1.165) is 33.1 Å². The predicted molar refractivity (Wildman–Crippen MR) is 80.7 cm³/mol. The average molecular weight is 272 g/mol. The summed E-state index contributed by atoms with van der Waals surface area (Å²) in [6.45, 7) is 0. The highest BCUT2D eigenvalue weighted by atomic mass is 35.5. The highest BCUT2D eigenvalue weighted by Gasteiger charge is 2.11. The summed E-state index contributed by atoms with van der Waals surface area (Å²) in [5.74, 6) is 0.922. The minimum absolute atomic E-state index is 0.727. The van der Waals surface area contributed by atoms with E-state index in [1.54, 1.807) is 0 Å². The van der Waals surface area contributed by atoms with Crippen molar-refractivity contribution in [1.29, 1.82) is 0 Å². The number of nitrogens with one attached hydrogen (secondary N) is 1. The van der Waals surface area contributed by atoms with E-state index < -0.39 is 0 Å². The number of imidazole rings is 1. The highest BCUT2D eigenvalue weighted by molar-refractivity contribution is 6.35. The lowest BCUT2D eigenvalue weighted by atomic mass is 10.2. The standard InChI is InChI=1S/C15H14ClN3/c1-17-11-8-6-10(7-9-11)15-18-13-5-3-4-12(16)14(13)19(15)2/h3-9,17H,1-2H3. The van der Waals surface area contributed by atoms with Crippen LogP contribution in [0.3, 0.4) is 0 Å². The molecule has 0 aliphatic heterocycles. The first kappa shape index (κ1) is 12.1. The van der Waals surface area contributed by atoms with Gasteiger partial charge in [-0.2, -0.15) is 0 Å². The van der Waals surface area contributed by atoms with Gasteiger partial charge in [-0.15, -0.1) is 0 Å². The molecule has 0 aliphatic carbocycles. The summed E-state index contributed by atoms with van der Waals surface area (Å²) >= 11 is 6.24. The van der Waals surface area contributed by atoms with E-state index in [-0.39, 0.29) is 0 Å². The van der Waals surface area contributed by atoms with Gasteiger partial charge in [0.05, 0.1) is 16.1 Å². The first-order valence-corrected chi connectivity index (χ1v) is 6.47. The van der Waals surface area contributed by atoms with E-state index in [4.69, 9.17) is 11.6 Å². The van der Waals surface area contributed by atoms with Crippen molar-refractivity contribution < 1.29 is 0 Å². The molecule has 4 heteroatoms. The number of hydrogen-bond donors (Lipinski definition) is 1. The number of aromatic nitrogens is 2. The normalized spacial score (nSPS) is 10.9. The van der Waals surface area contributed by atoms with Crippen molar-refractivity contribution in [2.75, 3.05) is 12.4 Å². The van der Waals surface area contributed by atoms with Crippen LogP contribution < -0.4 is 5.32 Å². The highest BCUT2D eigenvalue weighted by Crippen LogP contribution is 2.28. The molecule has 1 heterocycles. The maximum absolute atomic E-state index is 6.24. The summed E-state index contributed by atoms with van der Waals surface area (Å²) in [6.07, 6.45) is 0. The van der Waals surface area contributed by atoms with Crippen LogP contribution in [0.2, 0.25) is 5.02 Å². The van der Waals surface area contributed by atoms with Gasteiger partial charge in [-0.3, -0.25) is 0 Å². The van der Waals surface area contributed by atoms with Gasteiger partial charge in [-0.25, -0.2) is 4.98 Å². The number of hydrogen-bond acceptors (Lipinski definition) is 2. The third-order valence-electron chi connectivity index (χ3n) is 3.28. The second-order valence-corrected chi connectivity index (χ2v) is 4.84. The summed E-state index contributed by atoms with van der Waals surface area (Å²) in [5, 5.41) is 3.84. The van der Waals surface area contributed by atoms with E-state index in [1.807, 2.05) is 49.0 Å². The molecule has 0 bridgehead atoms. The Hall–Kier alpha value is -2.00. The molecule has 3 aromatic rings. The molecular weight excluding hydrogens is 258 g/mol. The van der Waals surface area contributed by atoms with Crippen LogP contribution >= 0.6 is 11.6 Å². The molecule has 0 saturated heterocycles. The van der Waals surface area contributed by atoms with Crippen LogP contribution in [-0.4, -0.2) is 16.6 Å². The quantitative estimate of drug-likeness (QED) is 0.765. The van der Waals surface area contributed by atoms with Gasteiger partial charge in [0.15, 0.2) is 0 Å². The van der Waals surface area contributed by atoms with Crippen molar-refractivity contribution in [3.63, 3.8) is 0 Å². The lowest BCUT2D eigenvalue weighted by Gasteiger charge is -2.04. The van der Waals surface area contributed by atoms with Crippen LogP contribution in [0.1, 0.15) is 0 Å². The zero-order chi connectivity index (χ0) is 13.4. The van der Waals surface area contributed by atoms with Gasteiger partial charge in [0.25, 0.3) is 0 Å². The minimum atomic E-state index is 0.727. The summed E-state index contributed by atoms with van der Waals surface area (Å²) in [4.78, 5) is 4.66. The van der Waals surface area contributed by atoms with Crippen LogP contribution in [-0.2, 0) is 7.05 Å². The fourth-order valence-corrected chi connectivity index (χ4v) is 2.56. The van der Waals surface area contributed by atoms with E-state index >= 15 is 0 Å². The van der Waals surface area contributed by atoms with E-state index in [0.29, 0.717) is 0 Å². The Morgan fingerprint density at radius 2 is 1.84 bits per heavy atom. The maximum atomic E-state index is 6.24. The molecule has 0 atom stereocenters. The van der Waals surface area contributed by atoms with Crippen molar-refractivity contribution in [1.82, 2.24) is 9.55 Å². The molecule has 3 rings (SSSR count). The molecule has 2 aromatic carbocycles. The third-order valence-corrected chi connectivity index (χ3v) is 3.58. The van der Waals surface area contributed by atoms with Crippen LogP contribution in [0, 0.1) is 0 Å². The van der Waals surface area contributed by atoms with Gasteiger partial charge in [0.1, 0.15) is 5.82 Å². The summed E-state index contributed by atoms with van der Waals surface area (Å²) in [5.41, 5.74) is 4.05. The first-order valence-electron chi connectivity index (χ1n) is 6.10. The van der Waals surface area contributed by atoms with Gasteiger partial charge >= 0.3 is 0 Å². The van der Waals surface area contributed by atoms with E-state index in [9.17, 15) is 0 Å². The SMILES string of the molecule is CNc1ccc(-c2nc3cccc(Cl)c3n2C)cc1. The Bertz CT molecular complexity index is 729. The van der Waals surface area contributed by atoms with Crippen LogP contribution in [0.4, 0.5) is 5.69 Å². The average Bonchev–Trinajstić information content (AvgIpc) is 2.78. The van der Waals surface area contributed by atoms with Crippen LogP contribution in [0.15, 0.2) is 42.5 Å². The van der Waals surface area contributed by atoms with Crippen molar-refractivity contribution in [3.05, 3.63) is 47.5 Å². The topological polar surface area (TPSA) is 29.9 Å². The third kappa shape index (κ3) is 1.96. The van der Waals surface area contributed by atoms with E-state index in [1.165, 1.54) is 0 Å². The summed E-state index contributed by atoms with van der Waals surface area (Å²) < 4.78 is 2.03. The molecule has 1 N–H and O–H groups in total. The number of para-hydroxylation sites is 1. The second kappa shape index (κ2) is 4.59. The first-order chi connectivity index (χ1) is 9.20. The molecule has 0 saturated carbocycles. The number of fused-ring (bicyclic) bond motifs is 1. The van der Waals surface area contributed by atoms with Crippen molar-refractivity contribution in [3.8, 4) is 11.4 Å². The zero-order valence-corrected chi connectivity index (χ0v) is 11.6. The van der Waals surface area contributed by atoms with Crippen LogP contribution in [0.25, 0.3) is 22.4 Å². The van der Waals surface area contributed by atoms with Crippen molar-refractivity contribution in [2.45, 2.75) is 0 Å². The smallest absolute Gasteiger partial charge is 0.140 e. The monoisotopic (exact) mass is 271 g/mol. The number of benzene rings is 2. The molecular formula is C15H14ClN3. The second-order valence-electron chi connectivity index (χ2n) is 4.43. The van der Waals surface area contributed by atoms with Gasteiger partial charge in [-0.05, 0) is 36.4 Å². The van der Waals surface area contributed by atoms with E-state index in [2.05, 4.69) is 22.4 Å². The Labute approximate surface area is 116 Å². The van der Waals surface area contributed by atoms with Gasteiger partial charge < -0.3 is 9.88 Å². The van der Waals surface area contributed by atoms with Crippen molar-refractivity contribution >= 4 is 28.3 Å². The number of halogens is 1. The molecule has 0 aliphatic rings. The number of aryl methyl sites for hydroxylation is 1. The number of rotatable bonds is 2. The lowest BCUT2D eigenvalue weighted by molar-refractivity contribution is 0.959. The molecule has 0 unspecified atom stereocenters. The Balaban J connectivity index is 2.19. The molecule has 3 nitrogen and oxygen atoms in total. The molecule has 0 amide bonds. The molecule has 0 radical (unpaired) electrons. The largest absolute Gasteiger partial charge is 0.388 e. The van der Waals surface area contributed by atoms with Gasteiger partial charge in [-0.1, -0.05) is 17.7 Å². The molecule has 0 spiro atoms. The minimum Gasteiger partial charge on any atom is -0.388 e. The van der Waals surface area contributed by atoms with Crippen molar-refractivity contribution in [2.24, 2.45) is 7.05 Å². The molecule has 96 valence electrons. The molecule has 19 heavy (non-hydrogen) atoms. The Morgan fingerprint density at radius 3 is 2.47 bits per heavy atom. The van der Waals surface area contributed by atoms with Gasteiger partial charge in [0.2, 0.25) is 0 Å². The molecule has 0 fully saturated rings. The number of anilines is 1. The molecule has 1 aromatic heterocycles. The fraction of sp³-hybridized carbons (Fsp3) is 0.133. The Morgan fingerprint density at radius 1 is 1.11 bits per heavy atom.